The molecule has 0 fully saturated rings. The second kappa shape index (κ2) is 4.47. The standard InChI is InChI=1S/C11H13ClO2/c1-7-3-9(5-11(13)14)8(2)10(4-7)6-12/h3-4H,5-6H2,1-2H3,(H,13,14). The molecule has 0 aliphatic carbocycles. The van der Waals surface area contributed by atoms with Crippen molar-refractivity contribution in [2.75, 3.05) is 0 Å². The minimum atomic E-state index is -0.806. The van der Waals surface area contributed by atoms with Gasteiger partial charge in [0.1, 0.15) is 0 Å². The van der Waals surface area contributed by atoms with Crippen LogP contribution in [0.5, 0.6) is 0 Å². The Morgan fingerprint density at radius 1 is 1.36 bits per heavy atom. The lowest BCUT2D eigenvalue weighted by atomic mass is 9.98. The molecule has 0 saturated heterocycles. The number of carbonyl (C=O) groups is 1. The van der Waals surface area contributed by atoms with Crippen LogP contribution >= 0.6 is 11.6 Å². The molecule has 76 valence electrons. The first-order chi connectivity index (χ1) is 6.54. The maximum atomic E-state index is 10.6. The molecule has 14 heavy (non-hydrogen) atoms. The Kier molecular flexibility index (Phi) is 3.53. The highest BCUT2D eigenvalue weighted by Crippen LogP contribution is 2.19. The van der Waals surface area contributed by atoms with Gasteiger partial charge < -0.3 is 5.11 Å². The number of carboxylic acid groups (broad SMARTS) is 1. The molecule has 0 bridgehead atoms. The average Bonchev–Trinajstić information content (AvgIpc) is 2.09. The van der Waals surface area contributed by atoms with Gasteiger partial charge in [0, 0.05) is 5.88 Å². The Hall–Kier alpha value is -1.02. The molecule has 0 radical (unpaired) electrons. The third-order valence-electron chi connectivity index (χ3n) is 2.25. The number of hydrogen-bond donors (Lipinski definition) is 1. The van der Waals surface area contributed by atoms with Gasteiger partial charge in [-0.3, -0.25) is 4.79 Å². The van der Waals surface area contributed by atoms with Crippen molar-refractivity contribution >= 4 is 17.6 Å². The van der Waals surface area contributed by atoms with Gasteiger partial charge in [0.25, 0.3) is 0 Å². The number of halogens is 1. The van der Waals surface area contributed by atoms with Gasteiger partial charge in [-0.15, -0.1) is 11.6 Å². The molecule has 0 saturated carbocycles. The summed E-state index contributed by atoms with van der Waals surface area (Å²) in [6, 6.07) is 3.90. The first kappa shape index (κ1) is 11.1. The van der Waals surface area contributed by atoms with Crippen LogP contribution in [-0.4, -0.2) is 11.1 Å². The number of carboxylic acids is 1. The van der Waals surface area contributed by atoms with Crippen LogP contribution < -0.4 is 0 Å². The predicted molar refractivity (Wildman–Crippen MR) is 56.8 cm³/mol. The summed E-state index contributed by atoms with van der Waals surface area (Å²) in [5, 5.41) is 8.71. The van der Waals surface area contributed by atoms with Crippen molar-refractivity contribution in [3.63, 3.8) is 0 Å². The molecular weight excluding hydrogens is 200 g/mol. The van der Waals surface area contributed by atoms with Crippen LogP contribution in [0.4, 0.5) is 0 Å². The van der Waals surface area contributed by atoms with E-state index in [0.717, 1.165) is 22.3 Å². The Morgan fingerprint density at radius 3 is 2.43 bits per heavy atom. The van der Waals surface area contributed by atoms with E-state index in [4.69, 9.17) is 16.7 Å². The normalized spacial score (nSPS) is 10.2. The van der Waals surface area contributed by atoms with Gasteiger partial charge in [0.2, 0.25) is 0 Å². The molecular formula is C11H13ClO2. The zero-order valence-electron chi connectivity index (χ0n) is 8.30. The summed E-state index contributed by atoms with van der Waals surface area (Å²) in [5.74, 6) is -0.376. The third-order valence-corrected chi connectivity index (χ3v) is 2.54. The molecule has 0 amide bonds. The van der Waals surface area contributed by atoms with Crippen LogP contribution in [-0.2, 0) is 17.1 Å². The van der Waals surface area contributed by atoms with E-state index in [9.17, 15) is 4.79 Å². The summed E-state index contributed by atoms with van der Waals surface area (Å²) < 4.78 is 0. The van der Waals surface area contributed by atoms with Crippen molar-refractivity contribution in [2.45, 2.75) is 26.1 Å². The zero-order chi connectivity index (χ0) is 10.7. The minimum absolute atomic E-state index is 0.0669. The summed E-state index contributed by atoms with van der Waals surface area (Å²) in [5.41, 5.74) is 3.92. The number of rotatable bonds is 3. The molecule has 0 aliphatic rings. The highest BCUT2D eigenvalue weighted by molar-refractivity contribution is 6.17. The lowest BCUT2D eigenvalue weighted by molar-refractivity contribution is -0.136. The van der Waals surface area contributed by atoms with E-state index in [2.05, 4.69) is 0 Å². The smallest absolute Gasteiger partial charge is 0.307 e. The fourth-order valence-corrected chi connectivity index (χ4v) is 1.78. The van der Waals surface area contributed by atoms with Crippen LogP contribution in [0.15, 0.2) is 12.1 Å². The van der Waals surface area contributed by atoms with Crippen molar-refractivity contribution in [3.8, 4) is 0 Å². The zero-order valence-corrected chi connectivity index (χ0v) is 9.06. The Bertz CT molecular complexity index is 359. The lowest BCUT2D eigenvalue weighted by Crippen LogP contribution is -2.04. The Labute approximate surface area is 88.5 Å². The molecule has 0 heterocycles. The van der Waals surface area contributed by atoms with E-state index in [1.165, 1.54) is 0 Å². The van der Waals surface area contributed by atoms with Crippen molar-refractivity contribution in [3.05, 3.63) is 34.4 Å². The van der Waals surface area contributed by atoms with Crippen molar-refractivity contribution < 1.29 is 9.90 Å². The quantitative estimate of drug-likeness (QED) is 0.783. The van der Waals surface area contributed by atoms with Crippen molar-refractivity contribution in [1.29, 1.82) is 0 Å². The molecule has 0 aromatic heterocycles. The summed E-state index contributed by atoms with van der Waals surface area (Å²) >= 11 is 5.77. The summed E-state index contributed by atoms with van der Waals surface area (Å²) in [7, 11) is 0. The van der Waals surface area contributed by atoms with E-state index in [1.54, 1.807) is 0 Å². The summed E-state index contributed by atoms with van der Waals surface area (Å²) in [4.78, 5) is 10.6. The van der Waals surface area contributed by atoms with Gasteiger partial charge >= 0.3 is 5.97 Å². The van der Waals surface area contributed by atoms with Crippen molar-refractivity contribution in [2.24, 2.45) is 0 Å². The minimum Gasteiger partial charge on any atom is -0.481 e. The highest BCUT2D eigenvalue weighted by atomic mass is 35.5. The third kappa shape index (κ3) is 2.48. The van der Waals surface area contributed by atoms with E-state index >= 15 is 0 Å². The molecule has 0 atom stereocenters. The summed E-state index contributed by atoms with van der Waals surface area (Å²) in [6.07, 6.45) is 0.0669. The molecule has 1 aromatic rings. The number of alkyl halides is 1. The van der Waals surface area contributed by atoms with Crippen molar-refractivity contribution in [1.82, 2.24) is 0 Å². The fourth-order valence-electron chi connectivity index (χ4n) is 1.50. The van der Waals surface area contributed by atoms with Gasteiger partial charge in [-0.2, -0.15) is 0 Å². The molecule has 3 heteroatoms. The molecule has 1 rings (SSSR count). The second-order valence-electron chi connectivity index (χ2n) is 3.41. The molecule has 1 aromatic carbocycles. The molecule has 0 unspecified atom stereocenters. The largest absolute Gasteiger partial charge is 0.481 e. The van der Waals surface area contributed by atoms with Crippen LogP contribution in [0, 0.1) is 13.8 Å². The Balaban J connectivity index is 3.15. The number of aryl methyl sites for hydroxylation is 1. The van der Waals surface area contributed by atoms with E-state index in [-0.39, 0.29) is 6.42 Å². The van der Waals surface area contributed by atoms with E-state index in [1.807, 2.05) is 26.0 Å². The topological polar surface area (TPSA) is 37.3 Å². The maximum absolute atomic E-state index is 10.6. The highest BCUT2D eigenvalue weighted by Gasteiger charge is 2.08. The van der Waals surface area contributed by atoms with E-state index in [0.29, 0.717) is 5.88 Å². The Morgan fingerprint density at radius 2 is 1.93 bits per heavy atom. The lowest BCUT2D eigenvalue weighted by Gasteiger charge is -2.09. The molecule has 0 aliphatic heterocycles. The monoisotopic (exact) mass is 212 g/mol. The second-order valence-corrected chi connectivity index (χ2v) is 3.68. The van der Waals surface area contributed by atoms with Gasteiger partial charge in [0.15, 0.2) is 0 Å². The molecule has 2 nitrogen and oxygen atoms in total. The SMILES string of the molecule is Cc1cc(CCl)c(C)c(CC(=O)O)c1. The maximum Gasteiger partial charge on any atom is 0.307 e. The number of aliphatic carboxylic acids is 1. The summed E-state index contributed by atoms with van der Waals surface area (Å²) in [6.45, 7) is 3.86. The average molecular weight is 213 g/mol. The van der Waals surface area contributed by atoms with Crippen LogP contribution in [0.2, 0.25) is 0 Å². The molecule has 1 N–H and O–H groups in total. The first-order valence-corrected chi connectivity index (χ1v) is 4.94. The number of benzene rings is 1. The van der Waals surface area contributed by atoms with Gasteiger partial charge in [-0.05, 0) is 30.5 Å². The molecule has 0 spiro atoms. The van der Waals surface area contributed by atoms with Crippen LogP contribution in [0.3, 0.4) is 0 Å². The predicted octanol–water partition coefficient (Wildman–Crippen LogP) is 2.67. The number of hydrogen-bond acceptors (Lipinski definition) is 1. The van der Waals surface area contributed by atoms with E-state index < -0.39 is 5.97 Å². The van der Waals surface area contributed by atoms with Gasteiger partial charge in [-0.25, -0.2) is 0 Å². The van der Waals surface area contributed by atoms with Crippen LogP contribution in [0.1, 0.15) is 22.3 Å². The van der Waals surface area contributed by atoms with Gasteiger partial charge in [-0.1, -0.05) is 17.7 Å². The van der Waals surface area contributed by atoms with Crippen LogP contribution in [0.25, 0.3) is 0 Å². The first-order valence-electron chi connectivity index (χ1n) is 4.41. The van der Waals surface area contributed by atoms with Gasteiger partial charge in [0.05, 0.1) is 6.42 Å². The fraction of sp³-hybridized carbons (Fsp3) is 0.364.